The van der Waals surface area contributed by atoms with Crippen LogP contribution in [0.4, 0.5) is 0 Å². The minimum absolute atomic E-state index is 0.0984. The average molecular weight is 340 g/mol. The maximum Gasteiger partial charge on any atom is 0.254 e. The highest BCUT2D eigenvalue weighted by atomic mass is 79.9. The molecule has 2 rings (SSSR count). The number of hydrogen-bond acceptors (Lipinski definition) is 2. The van der Waals surface area contributed by atoms with Crippen molar-refractivity contribution in [1.29, 1.82) is 0 Å². The van der Waals surface area contributed by atoms with Crippen molar-refractivity contribution >= 4 is 21.8 Å². The quantitative estimate of drug-likeness (QED) is 0.916. The summed E-state index contributed by atoms with van der Waals surface area (Å²) < 4.78 is 1.04. The van der Waals surface area contributed by atoms with Crippen LogP contribution in [0.15, 0.2) is 16.6 Å². The zero-order valence-electron chi connectivity index (χ0n) is 12.3. The van der Waals surface area contributed by atoms with Crippen LogP contribution in [0.3, 0.4) is 0 Å². The van der Waals surface area contributed by atoms with Crippen LogP contribution < -0.4 is 0 Å². The summed E-state index contributed by atoms with van der Waals surface area (Å²) in [6.45, 7) is 6.55. The monoisotopic (exact) mass is 339 g/mol. The lowest BCUT2D eigenvalue weighted by Crippen LogP contribution is -2.37. The lowest BCUT2D eigenvalue weighted by molar-refractivity contribution is 0.0681. The molecule has 20 heavy (non-hydrogen) atoms. The van der Waals surface area contributed by atoms with Crippen LogP contribution in [0.25, 0.3) is 0 Å². The number of rotatable bonds is 3. The van der Waals surface area contributed by atoms with Crippen LogP contribution >= 0.6 is 15.9 Å². The Kier molecular flexibility index (Phi) is 4.86. The Morgan fingerprint density at radius 1 is 1.45 bits per heavy atom. The van der Waals surface area contributed by atoms with Crippen molar-refractivity contribution in [1.82, 2.24) is 4.90 Å². The molecule has 4 heteroatoms. The van der Waals surface area contributed by atoms with E-state index >= 15 is 0 Å². The van der Waals surface area contributed by atoms with E-state index in [9.17, 15) is 9.90 Å². The molecule has 1 aliphatic heterocycles. The third-order valence-corrected chi connectivity index (χ3v) is 4.84. The van der Waals surface area contributed by atoms with E-state index in [1.165, 1.54) is 0 Å². The molecule has 1 fully saturated rings. The van der Waals surface area contributed by atoms with E-state index in [2.05, 4.69) is 15.9 Å². The van der Waals surface area contributed by atoms with Gasteiger partial charge < -0.3 is 10.0 Å². The molecule has 0 spiro atoms. The molecule has 1 heterocycles. The fourth-order valence-corrected chi connectivity index (χ4v) is 3.37. The van der Waals surface area contributed by atoms with Gasteiger partial charge in [0.2, 0.25) is 0 Å². The number of carbonyl (C=O) groups is 1. The molecule has 0 saturated carbocycles. The summed E-state index contributed by atoms with van der Waals surface area (Å²) in [6.07, 6.45) is 2.32. The molecular formula is C16H22BrNO2. The van der Waals surface area contributed by atoms with Gasteiger partial charge in [-0.2, -0.15) is 0 Å². The number of benzene rings is 1. The van der Waals surface area contributed by atoms with E-state index in [1.807, 2.05) is 30.9 Å². The Labute approximate surface area is 129 Å². The summed E-state index contributed by atoms with van der Waals surface area (Å²) >= 11 is 3.50. The number of hydrogen-bond donors (Lipinski definition) is 1. The van der Waals surface area contributed by atoms with Crippen LogP contribution in [-0.4, -0.2) is 34.6 Å². The zero-order chi connectivity index (χ0) is 14.9. The number of likely N-dealkylation sites (tertiary alicyclic amines) is 1. The van der Waals surface area contributed by atoms with E-state index in [-0.39, 0.29) is 18.1 Å². The van der Waals surface area contributed by atoms with Gasteiger partial charge in [0.15, 0.2) is 0 Å². The Bertz CT molecular complexity index is 513. The minimum Gasteiger partial charge on any atom is -0.393 e. The number of aliphatic hydroxyl groups is 1. The Morgan fingerprint density at radius 2 is 2.15 bits per heavy atom. The molecule has 1 N–H and O–H groups in total. The molecular weight excluding hydrogens is 318 g/mol. The average Bonchev–Trinajstić information content (AvgIpc) is 2.80. The molecule has 0 aromatic heterocycles. The fourth-order valence-electron chi connectivity index (χ4n) is 2.91. The molecule has 0 radical (unpaired) electrons. The fraction of sp³-hybridized carbons (Fsp3) is 0.562. The van der Waals surface area contributed by atoms with E-state index in [0.717, 1.165) is 40.5 Å². The number of amides is 1. The largest absolute Gasteiger partial charge is 0.393 e. The first kappa shape index (κ1) is 15.5. The summed E-state index contributed by atoms with van der Waals surface area (Å²) in [7, 11) is 0. The number of nitrogens with zero attached hydrogens (tertiary/aromatic N) is 1. The highest BCUT2D eigenvalue weighted by Crippen LogP contribution is 2.27. The topological polar surface area (TPSA) is 40.5 Å². The lowest BCUT2D eigenvalue weighted by Gasteiger charge is -2.26. The van der Waals surface area contributed by atoms with Gasteiger partial charge in [-0.05, 0) is 63.3 Å². The molecule has 3 nitrogen and oxygen atoms in total. The van der Waals surface area contributed by atoms with E-state index < -0.39 is 0 Å². The standard InChI is InChI=1S/C16H22BrNO2/c1-10-8-15(17)11(2)7-14(10)16(20)18-6-4-5-13(18)9-12(3)19/h7-8,12-13,19H,4-6,9H2,1-3H3. The third-order valence-electron chi connectivity index (χ3n) is 3.99. The predicted molar refractivity (Wildman–Crippen MR) is 84.0 cm³/mol. The molecule has 1 aromatic carbocycles. The molecule has 0 bridgehead atoms. The summed E-state index contributed by atoms with van der Waals surface area (Å²) in [6, 6.07) is 4.13. The minimum atomic E-state index is -0.360. The van der Waals surface area contributed by atoms with E-state index in [0.29, 0.717) is 6.42 Å². The van der Waals surface area contributed by atoms with Crippen molar-refractivity contribution in [3.05, 3.63) is 33.3 Å². The normalized spacial score (nSPS) is 20.2. The third kappa shape index (κ3) is 3.23. The van der Waals surface area contributed by atoms with Crippen LogP contribution in [-0.2, 0) is 0 Å². The highest BCUT2D eigenvalue weighted by Gasteiger charge is 2.30. The van der Waals surface area contributed by atoms with Gasteiger partial charge >= 0.3 is 0 Å². The first-order valence-electron chi connectivity index (χ1n) is 7.16. The van der Waals surface area contributed by atoms with Crippen molar-refractivity contribution in [2.75, 3.05) is 6.54 Å². The van der Waals surface area contributed by atoms with Gasteiger partial charge in [-0.3, -0.25) is 4.79 Å². The van der Waals surface area contributed by atoms with Crippen LogP contribution in [0, 0.1) is 13.8 Å². The first-order valence-corrected chi connectivity index (χ1v) is 7.95. The predicted octanol–water partition coefficient (Wildman–Crippen LogP) is 3.44. The zero-order valence-corrected chi connectivity index (χ0v) is 13.9. The van der Waals surface area contributed by atoms with Gasteiger partial charge in [0.25, 0.3) is 5.91 Å². The summed E-state index contributed by atoms with van der Waals surface area (Å²) in [4.78, 5) is 14.7. The molecule has 1 aromatic rings. The number of aryl methyl sites for hydroxylation is 2. The second-order valence-electron chi connectivity index (χ2n) is 5.80. The van der Waals surface area contributed by atoms with Gasteiger partial charge in [-0.15, -0.1) is 0 Å². The summed E-state index contributed by atoms with van der Waals surface area (Å²) in [5.41, 5.74) is 2.85. The number of halogens is 1. The van der Waals surface area contributed by atoms with Gasteiger partial charge in [0, 0.05) is 22.6 Å². The van der Waals surface area contributed by atoms with Crippen molar-refractivity contribution < 1.29 is 9.90 Å². The Balaban J connectivity index is 2.24. The van der Waals surface area contributed by atoms with Crippen LogP contribution in [0.1, 0.15) is 47.7 Å². The summed E-state index contributed by atoms with van der Waals surface area (Å²) in [5.74, 6) is 0.0984. The van der Waals surface area contributed by atoms with Crippen LogP contribution in [0.2, 0.25) is 0 Å². The first-order chi connectivity index (χ1) is 9.40. The maximum atomic E-state index is 12.8. The van der Waals surface area contributed by atoms with Crippen LogP contribution in [0.5, 0.6) is 0 Å². The van der Waals surface area contributed by atoms with Gasteiger partial charge in [-0.1, -0.05) is 15.9 Å². The SMILES string of the molecule is Cc1cc(C(=O)N2CCCC2CC(C)O)c(C)cc1Br. The molecule has 1 aliphatic rings. The van der Waals surface area contributed by atoms with Crippen molar-refractivity contribution in [3.63, 3.8) is 0 Å². The Hall–Kier alpha value is -0.870. The molecule has 1 saturated heterocycles. The molecule has 1 amide bonds. The second kappa shape index (κ2) is 6.27. The lowest BCUT2D eigenvalue weighted by atomic mass is 10.0. The Morgan fingerprint density at radius 3 is 2.80 bits per heavy atom. The van der Waals surface area contributed by atoms with Crippen molar-refractivity contribution in [2.24, 2.45) is 0 Å². The van der Waals surface area contributed by atoms with E-state index in [4.69, 9.17) is 0 Å². The summed E-state index contributed by atoms with van der Waals surface area (Å²) in [5, 5.41) is 9.57. The number of carbonyl (C=O) groups excluding carboxylic acids is 1. The number of aliphatic hydroxyl groups excluding tert-OH is 1. The van der Waals surface area contributed by atoms with Gasteiger partial charge in [0.05, 0.1) is 6.10 Å². The van der Waals surface area contributed by atoms with Gasteiger partial charge in [0.1, 0.15) is 0 Å². The smallest absolute Gasteiger partial charge is 0.254 e. The molecule has 2 atom stereocenters. The second-order valence-corrected chi connectivity index (χ2v) is 6.65. The van der Waals surface area contributed by atoms with Gasteiger partial charge in [-0.25, -0.2) is 0 Å². The molecule has 2 unspecified atom stereocenters. The van der Waals surface area contributed by atoms with E-state index in [1.54, 1.807) is 6.92 Å². The van der Waals surface area contributed by atoms with Crippen molar-refractivity contribution in [2.45, 2.75) is 52.2 Å². The maximum absolute atomic E-state index is 12.8. The van der Waals surface area contributed by atoms with Crippen molar-refractivity contribution in [3.8, 4) is 0 Å². The molecule has 110 valence electrons. The molecule has 0 aliphatic carbocycles. The highest BCUT2D eigenvalue weighted by molar-refractivity contribution is 9.10.